The molecule has 3 rings (SSSR count). The predicted octanol–water partition coefficient (Wildman–Crippen LogP) is 3.95. The van der Waals surface area contributed by atoms with Gasteiger partial charge in [0, 0.05) is 24.4 Å². The number of methoxy groups -OCH3 is 1. The number of non-ortho nitro benzene ring substituents is 1. The van der Waals surface area contributed by atoms with Crippen molar-refractivity contribution in [1.29, 1.82) is 0 Å². The largest absolute Gasteiger partial charge is 0.497 e. The first kappa shape index (κ1) is 25.7. The van der Waals surface area contributed by atoms with Crippen molar-refractivity contribution in [3.8, 4) is 5.75 Å². The van der Waals surface area contributed by atoms with Gasteiger partial charge in [0.1, 0.15) is 11.6 Å². The van der Waals surface area contributed by atoms with Gasteiger partial charge in [0.05, 0.1) is 34.9 Å². The standard InChI is InChI=1S/C22H21ClN6O5S/c1-3-10-28-19(12-20(30)24-14-4-7-16(34-2)8-5-14)26-27-22(28)35-13-21(31)25-18-11-15(29(32)33)6-9-17(18)23/h3-9,11H,1,10,12-13H2,2H3,(H,24,30)(H,25,31). The number of amides is 2. The fourth-order valence-electron chi connectivity index (χ4n) is 2.93. The highest BCUT2D eigenvalue weighted by Gasteiger charge is 2.17. The number of carbonyl (C=O) groups is 2. The molecule has 35 heavy (non-hydrogen) atoms. The summed E-state index contributed by atoms with van der Waals surface area (Å²) in [6.07, 6.45) is 1.59. The van der Waals surface area contributed by atoms with Gasteiger partial charge in [0.2, 0.25) is 11.8 Å². The zero-order chi connectivity index (χ0) is 25.4. The number of anilines is 2. The van der Waals surface area contributed by atoms with E-state index in [2.05, 4.69) is 27.4 Å². The maximum Gasteiger partial charge on any atom is 0.271 e. The van der Waals surface area contributed by atoms with Crippen LogP contribution in [0.25, 0.3) is 0 Å². The summed E-state index contributed by atoms with van der Waals surface area (Å²) in [6, 6.07) is 10.7. The number of halogens is 1. The van der Waals surface area contributed by atoms with Crippen LogP contribution in [0.15, 0.2) is 60.3 Å². The second-order valence-electron chi connectivity index (χ2n) is 7.01. The number of aromatic nitrogens is 3. The number of ether oxygens (including phenoxy) is 1. The highest BCUT2D eigenvalue weighted by Crippen LogP contribution is 2.27. The molecule has 0 aliphatic carbocycles. The summed E-state index contributed by atoms with van der Waals surface area (Å²) < 4.78 is 6.78. The summed E-state index contributed by atoms with van der Waals surface area (Å²) in [6.45, 7) is 4.05. The topological polar surface area (TPSA) is 141 Å². The van der Waals surface area contributed by atoms with Gasteiger partial charge in [-0.15, -0.1) is 16.8 Å². The van der Waals surface area contributed by atoms with Gasteiger partial charge in [-0.1, -0.05) is 29.4 Å². The average molecular weight is 517 g/mol. The molecule has 2 N–H and O–H groups in total. The average Bonchev–Trinajstić information content (AvgIpc) is 3.20. The molecule has 2 aromatic carbocycles. The first-order chi connectivity index (χ1) is 16.8. The van der Waals surface area contributed by atoms with E-state index in [1.807, 2.05) is 0 Å². The van der Waals surface area contributed by atoms with E-state index in [0.29, 0.717) is 29.0 Å². The van der Waals surface area contributed by atoms with E-state index in [9.17, 15) is 19.7 Å². The summed E-state index contributed by atoms with van der Waals surface area (Å²) in [5.41, 5.74) is 0.548. The summed E-state index contributed by atoms with van der Waals surface area (Å²) in [7, 11) is 1.56. The highest BCUT2D eigenvalue weighted by molar-refractivity contribution is 7.99. The van der Waals surface area contributed by atoms with Crippen molar-refractivity contribution in [3.63, 3.8) is 0 Å². The lowest BCUT2D eigenvalue weighted by molar-refractivity contribution is -0.384. The minimum atomic E-state index is -0.579. The Balaban J connectivity index is 1.63. The Morgan fingerprint density at radius 3 is 2.60 bits per heavy atom. The van der Waals surface area contributed by atoms with Crippen molar-refractivity contribution < 1.29 is 19.2 Å². The lowest BCUT2D eigenvalue weighted by Gasteiger charge is -2.09. The Labute approximate surface area is 209 Å². The van der Waals surface area contributed by atoms with Crippen LogP contribution in [0.5, 0.6) is 5.75 Å². The first-order valence-electron chi connectivity index (χ1n) is 10.1. The maximum absolute atomic E-state index is 12.5. The Kier molecular flexibility index (Phi) is 8.81. The molecule has 0 radical (unpaired) electrons. The Hall–Kier alpha value is -3.90. The van der Waals surface area contributed by atoms with Crippen LogP contribution >= 0.6 is 23.4 Å². The predicted molar refractivity (Wildman–Crippen MR) is 133 cm³/mol. The normalized spacial score (nSPS) is 10.5. The molecule has 11 nitrogen and oxygen atoms in total. The van der Waals surface area contributed by atoms with Crippen molar-refractivity contribution in [2.45, 2.75) is 18.1 Å². The van der Waals surface area contributed by atoms with Gasteiger partial charge >= 0.3 is 0 Å². The van der Waals surface area contributed by atoms with Gasteiger partial charge < -0.3 is 19.9 Å². The van der Waals surface area contributed by atoms with E-state index in [1.165, 1.54) is 18.2 Å². The Morgan fingerprint density at radius 2 is 1.94 bits per heavy atom. The highest BCUT2D eigenvalue weighted by atomic mass is 35.5. The van der Waals surface area contributed by atoms with E-state index in [4.69, 9.17) is 16.3 Å². The molecule has 0 saturated carbocycles. The fourth-order valence-corrected chi connectivity index (χ4v) is 3.86. The van der Waals surface area contributed by atoms with Gasteiger partial charge in [-0.2, -0.15) is 0 Å². The van der Waals surface area contributed by atoms with Crippen LogP contribution < -0.4 is 15.4 Å². The van der Waals surface area contributed by atoms with E-state index in [-0.39, 0.29) is 34.5 Å². The fraction of sp³-hybridized carbons (Fsp3) is 0.182. The second-order valence-corrected chi connectivity index (χ2v) is 8.36. The van der Waals surface area contributed by atoms with E-state index < -0.39 is 10.8 Å². The molecule has 13 heteroatoms. The summed E-state index contributed by atoms with van der Waals surface area (Å²) >= 11 is 7.12. The number of thioether (sulfide) groups is 1. The van der Waals surface area contributed by atoms with Crippen molar-refractivity contribution >= 4 is 52.2 Å². The molecule has 0 aliphatic heterocycles. The molecule has 0 aliphatic rings. The number of rotatable bonds is 11. The van der Waals surface area contributed by atoms with Crippen molar-refractivity contribution in [3.05, 3.63) is 76.1 Å². The molecule has 182 valence electrons. The van der Waals surface area contributed by atoms with Crippen molar-refractivity contribution in [2.75, 3.05) is 23.5 Å². The van der Waals surface area contributed by atoms with Gasteiger partial charge in [-0.3, -0.25) is 19.7 Å². The summed E-state index contributed by atoms with van der Waals surface area (Å²) in [5.74, 6) is 0.284. The molecule has 3 aromatic rings. The van der Waals surface area contributed by atoms with Crippen molar-refractivity contribution in [1.82, 2.24) is 14.8 Å². The van der Waals surface area contributed by atoms with Crippen LogP contribution in [0.3, 0.4) is 0 Å². The Morgan fingerprint density at radius 1 is 1.20 bits per heavy atom. The van der Waals surface area contributed by atoms with Crippen LogP contribution in [-0.2, 0) is 22.6 Å². The zero-order valence-corrected chi connectivity index (χ0v) is 20.1. The molecule has 0 unspecified atom stereocenters. The number of nitrogens with zero attached hydrogens (tertiary/aromatic N) is 4. The van der Waals surface area contributed by atoms with Crippen molar-refractivity contribution in [2.24, 2.45) is 0 Å². The van der Waals surface area contributed by atoms with Gasteiger partial charge in [-0.05, 0) is 30.3 Å². The summed E-state index contributed by atoms with van der Waals surface area (Å²) in [5, 5.41) is 25.1. The molecule has 0 bridgehead atoms. The molecule has 0 spiro atoms. The second kappa shape index (κ2) is 12.0. The third kappa shape index (κ3) is 7.04. The van der Waals surface area contributed by atoms with Gasteiger partial charge in [0.25, 0.3) is 5.69 Å². The smallest absolute Gasteiger partial charge is 0.271 e. The monoisotopic (exact) mass is 516 g/mol. The zero-order valence-electron chi connectivity index (χ0n) is 18.6. The quantitative estimate of drug-likeness (QED) is 0.169. The number of carbonyl (C=O) groups excluding carboxylic acids is 2. The molecule has 0 atom stereocenters. The number of nitro benzene ring substituents is 1. The summed E-state index contributed by atoms with van der Waals surface area (Å²) in [4.78, 5) is 35.3. The minimum Gasteiger partial charge on any atom is -0.497 e. The maximum atomic E-state index is 12.5. The molecule has 2 amide bonds. The lowest BCUT2D eigenvalue weighted by atomic mass is 10.3. The van der Waals surface area contributed by atoms with E-state index >= 15 is 0 Å². The van der Waals surface area contributed by atoms with Crippen LogP contribution in [0.4, 0.5) is 17.1 Å². The molecule has 1 aromatic heterocycles. The van der Waals surface area contributed by atoms with Crippen LogP contribution in [0, 0.1) is 10.1 Å². The number of benzene rings is 2. The third-order valence-corrected chi connectivity index (χ3v) is 5.86. The number of hydrogen-bond donors (Lipinski definition) is 2. The van der Waals surface area contributed by atoms with Crippen LogP contribution in [0.1, 0.15) is 5.82 Å². The van der Waals surface area contributed by atoms with Gasteiger partial charge in [0.15, 0.2) is 5.16 Å². The van der Waals surface area contributed by atoms with E-state index in [1.54, 1.807) is 42.0 Å². The minimum absolute atomic E-state index is 0.0388. The third-order valence-electron chi connectivity index (χ3n) is 4.56. The number of nitro groups is 1. The van der Waals surface area contributed by atoms with E-state index in [0.717, 1.165) is 11.8 Å². The molecular formula is C22H21ClN6O5S. The number of hydrogen-bond acceptors (Lipinski definition) is 8. The van der Waals surface area contributed by atoms with Gasteiger partial charge in [-0.25, -0.2) is 0 Å². The molecule has 1 heterocycles. The van der Waals surface area contributed by atoms with Crippen LogP contribution in [0.2, 0.25) is 5.02 Å². The Bertz CT molecular complexity index is 1250. The number of nitrogens with one attached hydrogen (secondary N) is 2. The molecule has 0 fully saturated rings. The molecule has 0 saturated heterocycles. The SMILES string of the molecule is C=CCn1c(CC(=O)Nc2ccc(OC)cc2)nnc1SCC(=O)Nc1cc([N+](=O)[O-])ccc1Cl. The molecular weight excluding hydrogens is 496 g/mol. The lowest BCUT2D eigenvalue weighted by Crippen LogP contribution is -2.18. The van der Waals surface area contributed by atoms with Crippen LogP contribution in [-0.4, -0.2) is 44.4 Å². The number of allylic oxidation sites excluding steroid dienone is 1. The first-order valence-corrected chi connectivity index (χ1v) is 11.5.